The Labute approximate surface area is 182 Å². The molecule has 0 spiro atoms. The monoisotopic (exact) mass is 430 g/mol. The van der Waals surface area contributed by atoms with Crippen LogP contribution in [0.25, 0.3) is 0 Å². The van der Waals surface area contributed by atoms with Crippen LogP contribution >= 0.6 is 11.3 Å². The number of carbonyl (C=O) groups is 2. The minimum Gasteiger partial charge on any atom is -0.494 e. The van der Waals surface area contributed by atoms with Crippen molar-refractivity contribution in [3.05, 3.63) is 40.3 Å². The molecule has 0 aliphatic heterocycles. The number of nitrogens with one attached hydrogen (secondary N) is 2. The lowest BCUT2D eigenvalue weighted by Crippen LogP contribution is -2.90. The summed E-state index contributed by atoms with van der Waals surface area (Å²) in [6.45, 7) is 9.21. The van der Waals surface area contributed by atoms with Crippen molar-refractivity contribution < 1.29 is 19.6 Å². The van der Waals surface area contributed by atoms with Crippen molar-refractivity contribution in [2.45, 2.75) is 53.0 Å². The average Bonchev–Trinajstić information content (AvgIpc) is 3.04. The number of rotatable bonds is 8. The number of hydrogen-bond acceptors (Lipinski definition) is 4. The average molecular weight is 431 g/mol. The van der Waals surface area contributed by atoms with E-state index in [4.69, 9.17) is 4.74 Å². The number of benzene rings is 1. The van der Waals surface area contributed by atoms with E-state index in [1.165, 1.54) is 4.88 Å². The van der Waals surface area contributed by atoms with Crippen LogP contribution in [0.15, 0.2) is 24.3 Å². The Kier molecular flexibility index (Phi) is 7.50. The van der Waals surface area contributed by atoms with E-state index in [0.29, 0.717) is 41.4 Å². The van der Waals surface area contributed by atoms with E-state index in [-0.39, 0.29) is 11.8 Å². The summed E-state index contributed by atoms with van der Waals surface area (Å²) in [4.78, 5) is 26.9. The van der Waals surface area contributed by atoms with Gasteiger partial charge in [0.05, 0.1) is 18.2 Å². The molecule has 30 heavy (non-hydrogen) atoms. The molecule has 0 saturated heterocycles. The highest BCUT2D eigenvalue weighted by molar-refractivity contribution is 7.17. The lowest BCUT2D eigenvalue weighted by atomic mass is 9.88. The summed E-state index contributed by atoms with van der Waals surface area (Å²) in [5.41, 5.74) is 2.41. The maximum absolute atomic E-state index is 13.2. The van der Waals surface area contributed by atoms with Gasteiger partial charge in [0.2, 0.25) is 0 Å². The molecule has 1 aromatic carbocycles. The van der Waals surface area contributed by atoms with E-state index >= 15 is 0 Å². The molecule has 1 aromatic heterocycles. The number of hydrogen-bond donors (Lipinski definition) is 3. The molecule has 0 unspecified atom stereocenters. The second-order valence-electron chi connectivity index (χ2n) is 8.20. The maximum atomic E-state index is 13.2. The molecule has 0 radical (unpaired) electrons. The van der Waals surface area contributed by atoms with Gasteiger partial charge in [-0.3, -0.25) is 9.59 Å². The SMILES string of the molecule is CCOc1ccc(NC(=O)c2c(NC(=O)C[NH2+]C(C)C)sc3c2CC[C@H](C)C3)cc1. The van der Waals surface area contributed by atoms with Gasteiger partial charge in [0, 0.05) is 10.6 Å². The van der Waals surface area contributed by atoms with Gasteiger partial charge in [-0.05, 0) is 75.8 Å². The Hall–Kier alpha value is -2.38. The topological polar surface area (TPSA) is 84.0 Å². The highest BCUT2D eigenvalue weighted by Crippen LogP contribution is 2.40. The van der Waals surface area contributed by atoms with Crippen molar-refractivity contribution in [2.24, 2.45) is 5.92 Å². The molecule has 162 valence electrons. The molecule has 6 nitrogen and oxygen atoms in total. The zero-order chi connectivity index (χ0) is 21.7. The van der Waals surface area contributed by atoms with E-state index < -0.39 is 0 Å². The molecular formula is C23H32N3O3S+. The molecule has 0 saturated carbocycles. The predicted octanol–water partition coefficient (Wildman–Crippen LogP) is 3.43. The normalized spacial score (nSPS) is 15.6. The van der Waals surface area contributed by atoms with Crippen molar-refractivity contribution in [3.63, 3.8) is 0 Å². The van der Waals surface area contributed by atoms with Gasteiger partial charge < -0.3 is 20.7 Å². The number of quaternary nitrogens is 1. The van der Waals surface area contributed by atoms with Crippen LogP contribution in [0.2, 0.25) is 0 Å². The first-order valence-electron chi connectivity index (χ1n) is 10.7. The van der Waals surface area contributed by atoms with Crippen LogP contribution in [0.4, 0.5) is 10.7 Å². The molecule has 2 amide bonds. The van der Waals surface area contributed by atoms with Gasteiger partial charge in [-0.2, -0.15) is 0 Å². The fourth-order valence-electron chi connectivity index (χ4n) is 3.59. The van der Waals surface area contributed by atoms with Crippen LogP contribution in [0, 0.1) is 5.92 Å². The van der Waals surface area contributed by atoms with Gasteiger partial charge in [-0.25, -0.2) is 0 Å². The molecule has 1 aliphatic carbocycles. The molecule has 0 fully saturated rings. The van der Waals surface area contributed by atoms with Crippen molar-refractivity contribution in [1.29, 1.82) is 0 Å². The first-order valence-corrected chi connectivity index (χ1v) is 11.5. The molecule has 1 heterocycles. The van der Waals surface area contributed by atoms with E-state index in [0.717, 1.165) is 30.6 Å². The predicted molar refractivity (Wildman–Crippen MR) is 122 cm³/mol. The summed E-state index contributed by atoms with van der Waals surface area (Å²) in [6, 6.07) is 7.69. The maximum Gasteiger partial charge on any atom is 0.280 e. The molecule has 0 bridgehead atoms. The van der Waals surface area contributed by atoms with Crippen LogP contribution in [0.5, 0.6) is 5.75 Å². The Morgan fingerprint density at radius 3 is 2.63 bits per heavy atom. The van der Waals surface area contributed by atoms with Gasteiger partial charge >= 0.3 is 0 Å². The van der Waals surface area contributed by atoms with Crippen molar-refractivity contribution in [3.8, 4) is 5.75 Å². The second kappa shape index (κ2) is 10.1. The number of carbonyl (C=O) groups excluding carboxylic acids is 2. The molecule has 7 heteroatoms. The third-order valence-electron chi connectivity index (χ3n) is 5.19. The number of nitrogens with two attached hydrogens (primary N) is 1. The van der Waals surface area contributed by atoms with Gasteiger partial charge in [-0.1, -0.05) is 6.92 Å². The number of anilines is 2. The van der Waals surface area contributed by atoms with Crippen molar-refractivity contribution in [2.75, 3.05) is 23.8 Å². The first-order chi connectivity index (χ1) is 14.4. The Bertz CT molecular complexity index is 890. The van der Waals surface area contributed by atoms with E-state index in [1.54, 1.807) is 11.3 Å². The summed E-state index contributed by atoms with van der Waals surface area (Å²) in [7, 11) is 0. The smallest absolute Gasteiger partial charge is 0.280 e. The first kappa shape index (κ1) is 22.3. The van der Waals surface area contributed by atoms with E-state index in [9.17, 15) is 9.59 Å². The van der Waals surface area contributed by atoms with Gasteiger partial charge in [0.1, 0.15) is 10.8 Å². The lowest BCUT2D eigenvalue weighted by molar-refractivity contribution is -0.672. The Balaban J connectivity index is 1.82. The third-order valence-corrected chi connectivity index (χ3v) is 6.36. The minimum absolute atomic E-state index is 0.0783. The van der Waals surface area contributed by atoms with Crippen molar-refractivity contribution >= 4 is 33.8 Å². The van der Waals surface area contributed by atoms with Crippen LogP contribution < -0.4 is 20.7 Å². The molecule has 1 aliphatic rings. The standard InChI is InChI=1S/C23H31N3O3S/c1-5-29-17-9-7-16(8-10-17)25-22(28)21-18-11-6-15(4)12-19(18)30-23(21)26-20(27)13-24-14(2)3/h7-10,14-15,24H,5-6,11-13H2,1-4H3,(H,25,28)(H,26,27)/p+1/t15-/m0/s1. The van der Waals surface area contributed by atoms with Gasteiger partial charge in [0.15, 0.2) is 6.54 Å². The fraction of sp³-hybridized carbons (Fsp3) is 0.478. The zero-order valence-corrected chi connectivity index (χ0v) is 19.0. The highest BCUT2D eigenvalue weighted by atomic mass is 32.1. The van der Waals surface area contributed by atoms with Crippen LogP contribution in [-0.4, -0.2) is 31.0 Å². The molecule has 3 rings (SSSR count). The summed E-state index contributed by atoms with van der Waals surface area (Å²) in [6.07, 6.45) is 2.88. The van der Waals surface area contributed by atoms with Crippen LogP contribution in [-0.2, 0) is 17.6 Å². The largest absolute Gasteiger partial charge is 0.494 e. The van der Waals surface area contributed by atoms with Crippen LogP contribution in [0.1, 0.15) is 54.9 Å². The summed E-state index contributed by atoms with van der Waals surface area (Å²) < 4.78 is 5.46. The Morgan fingerprint density at radius 1 is 1.23 bits per heavy atom. The van der Waals surface area contributed by atoms with Crippen molar-refractivity contribution in [1.82, 2.24) is 0 Å². The Morgan fingerprint density at radius 2 is 1.97 bits per heavy atom. The highest BCUT2D eigenvalue weighted by Gasteiger charge is 2.28. The molecule has 4 N–H and O–H groups in total. The molecular weight excluding hydrogens is 398 g/mol. The molecule has 1 atom stereocenters. The van der Waals surface area contributed by atoms with Gasteiger partial charge in [0.25, 0.3) is 11.8 Å². The molecule has 2 aromatic rings. The summed E-state index contributed by atoms with van der Waals surface area (Å²) in [5.74, 6) is 1.11. The number of thiophene rings is 1. The number of amides is 2. The number of fused-ring (bicyclic) bond motifs is 1. The quantitative estimate of drug-likeness (QED) is 0.600. The fourth-order valence-corrected chi connectivity index (χ4v) is 5.02. The zero-order valence-electron chi connectivity index (χ0n) is 18.2. The lowest BCUT2D eigenvalue weighted by Gasteiger charge is -2.18. The second-order valence-corrected chi connectivity index (χ2v) is 9.30. The number of ether oxygens (including phenoxy) is 1. The summed E-state index contributed by atoms with van der Waals surface area (Å²) >= 11 is 1.55. The van der Waals surface area contributed by atoms with E-state index in [2.05, 4.69) is 17.6 Å². The minimum atomic E-state index is -0.172. The van der Waals surface area contributed by atoms with Crippen LogP contribution in [0.3, 0.4) is 0 Å². The summed E-state index contributed by atoms with van der Waals surface area (Å²) in [5, 5.41) is 8.63. The third kappa shape index (κ3) is 5.61. The van der Waals surface area contributed by atoms with Gasteiger partial charge in [-0.15, -0.1) is 11.3 Å². The van der Waals surface area contributed by atoms with E-state index in [1.807, 2.05) is 50.4 Å².